The number of hydrogen-bond donors (Lipinski definition) is 0. The molecule has 17 heavy (non-hydrogen) atoms. The van der Waals surface area contributed by atoms with E-state index in [1.54, 1.807) is 0 Å². The first-order valence-electron chi connectivity index (χ1n) is 5.84. The maximum atomic E-state index is 10.9. The highest BCUT2D eigenvalue weighted by molar-refractivity contribution is 5.78. The number of benzene rings is 1. The number of carbonyl (C=O) groups is 1. The number of ether oxygens (including phenoxy) is 1. The number of carbonyl (C=O) groups excluding carboxylic acids is 1. The predicted octanol–water partition coefficient (Wildman–Crippen LogP) is 3.56. The van der Waals surface area contributed by atoms with E-state index in [4.69, 9.17) is 4.42 Å². The molecule has 0 fully saturated rings. The maximum Gasteiger partial charge on any atom is 0.305 e. The van der Waals surface area contributed by atoms with E-state index in [9.17, 15) is 4.79 Å². The van der Waals surface area contributed by atoms with Gasteiger partial charge in [0.15, 0.2) is 0 Å². The third-order valence-corrected chi connectivity index (χ3v) is 2.28. The minimum Gasteiger partial charge on any atom is -0.469 e. The number of methoxy groups -OCH3 is 1. The van der Waals surface area contributed by atoms with Crippen LogP contribution in [0.1, 0.15) is 26.0 Å². The van der Waals surface area contributed by atoms with Crippen LogP contribution in [0, 0.1) is 0 Å². The van der Waals surface area contributed by atoms with Crippen LogP contribution in [-0.2, 0) is 16.0 Å². The van der Waals surface area contributed by atoms with E-state index >= 15 is 0 Å². The molecule has 0 radical (unpaired) electrons. The molecule has 0 aliphatic carbocycles. The van der Waals surface area contributed by atoms with Crippen LogP contribution in [-0.4, -0.2) is 13.1 Å². The largest absolute Gasteiger partial charge is 0.469 e. The van der Waals surface area contributed by atoms with Crippen molar-refractivity contribution in [1.29, 1.82) is 0 Å². The van der Waals surface area contributed by atoms with Gasteiger partial charge in [0.1, 0.15) is 11.3 Å². The van der Waals surface area contributed by atoms with Gasteiger partial charge < -0.3 is 9.15 Å². The van der Waals surface area contributed by atoms with E-state index in [0.717, 1.165) is 16.7 Å². The molecule has 0 atom stereocenters. The van der Waals surface area contributed by atoms with E-state index in [0.29, 0.717) is 12.8 Å². The molecule has 0 saturated heterocycles. The summed E-state index contributed by atoms with van der Waals surface area (Å²) in [5.74, 6) is 0.608. The van der Waals surface area contributed by atoms with Crippen LogP contribution >= 0.6 is 0 Å². The molecule has 0 N–H and O–H groups in total. The number of hydrogen-bond acceptors (Lipinski definition) is 3. The van der Waals surface area contributed by atoms with Gasteiger partial charge in [-0.15, -0.1) is 0 Å². The van der Waals surface area contributed by atoms with Crippen LogP contribution < -0.4 is 0 Å². The molecule has 1 aromatic heterocycles. The SMILES string of the molecule is CC.COC(=O)CCc1cc2ccccc2o1. The Morgan fingerprint density at radius 1 is 1.29 bits per heavy atom. The van der Waals surface area contributed by atoms with Gasteiger partial charge in [-0.05, 0) is 12.1 Å². The van der Waals surface area contributed by atoms with Gasteiger partial charge in [0.2, 0.25) is 0 Å². The lowest BCUT2D eigenvalue weighted by atomic mass is 10.2. The monoisotopic (exact) mass is 234 g/mol. The average Bonchev–Trinajstić information content (AvgIpc) is 2.81. The summed E-state index contributed by atoms with van der Waals surface area (Å²) in [5.41, 5.74) is 0.859. The minimum absolute atomic E-state index is 0.213. The van der Waals surface area contributed by atoms with Gasteiger partial charge in [-0.3, -0.25) is 4.79 Å². The Bertz CT molecular complexity index is 438. The lowest BCUT2D eigenvalue weighted by Crippen LogP contribution is -2.01. The van der Waals surface area contributed by atoms with Crippen molar-refractivity contribution in [3.63, 3.8) is 0 Å². The Morgan fingerprint density at radius 3 is 2.65 bits per heavy atom. The van der Waals surface area contributed by atoms with Crippen molar-refractivity contribution in [2.45, 2.75) is 26.7 Å². The normalized spacial score (nSPS) is 9.59. The minimum atomic E-state index is -0.213. The van der Waals surface area contributed by atoms with Gasteiger partial charge in [-0.25, -0.2) is 0 Å². The third-order valence-electron chi connectivity index (χ3n) is 2.28. The zero-order chi connectivity index (χ0) is 12.7. The Balaban J connectivity index is 0.000000686. The number of aryl methyl sites for hydroxylation is 1. The summed E-state index contributed by atoms with van der Waals surface area (Å²) in [6, 6.07) is 9.74. The van der Waals surface area contributed by atoms with E-state index in [1.807, 2.05) is 44.2 Å². The Kier molecular flexibility index (Phi) is 5.27. The molecule has 0 amide bonds. The fourth-order valence-electron chi connectivity index (χ4n) is 1.49. The topological polar surface area (TPSA) is 39.4 Å². The van der Waals surface area contributed by atoms with E-state index < -0.39 is 0 Å². The first-order valence-corrected chi connectivity index (χ1v) is 5.84. The molecule has 2 aromatic rings. The first kappa shape index (κ1) is 13.3. The number of esters is 1. The van der Waals surface area contributed by atoms with Crippen molar-refractivity contribution in [2.24, 2.45) is 0 Å². The van der Waals surface area contributed by atoms with E-state index in [1.165, 1.54) is 7.11 Å². The van der Waals surface area contributed by atoms with Crippen molar-refractivity contribution in [2.75, 3.05) is 7.11 Å². The predicted molar refractivity (Wildman–Crippen MR) is 67.9 cm³/mol. The Labute approximate surface area is 101 Å². The lowest BCUT2D eigenvalue weighted by Gasteiger charge is -1.95. The van der Waals surface area contributed by atoms with Crippen molar-refractivity contribution < 1.29 is 13.9 Å². The molecule has 3 nitrogen and oxygen atoms in total. The van der Waals surface area contributed by atoms with Gasteiger partial charge in [-0.2, -0.15) is 0 Å². The molecule has 3 heteroatoms. The number of furan rings is 1. The fraction of sp³-hybridized carbons (Fsp3) is 0.357. The molecule has 2 rings (SSSR count). The van der Waals surface area contributed by atoms with Gasteiger partial charge in [-0.1, -0.05) is 32.0 Å². The van der Waals surface area contributed by atoms with Crippen LogP contribution in [0.5, 0.6) is 0 Å². The van der Waals surface area contributed by atoms with Crippen molar-refractivity contribution in [1.82, 2.24) is 0 Å². The average molecular weight is 234 g/mol. The fourth-order valence-corrected chi connectivity index (χ4v) is 1.49. The zero-order valence-corrected chi connectivity index (χ0v) is 10.5. The summed E-state index contributed by atoms with van der Waals surface area (Å²) < 4.78 is 10.1. The highest BCUT2D eigenvalue weighted by Gasteiger charge is 2.06. The summed E-state index contributed by atoms with van der Waals surface area (Å²) in [7, 11) is 1.39. The van der Waals surface area contributed by atoms with Crippen molar-refractivity contribution in [3.05, 3.63) is 36.1 Å². The highest BCUT2D eigenvalue weighted by Crippen LogP contribution is 2.19. The molecule has 1 aromatic carbocycles. The molecule has 92 valence electrons. The molecule has 0 spiro atoms. The van der Waals surface area contributed by atoms with Gasteiger partial charge >= 0.3 is 5.97 Å². The summed E-state index contributed by atoms with van der Waals surface area (Å²) >= 11 is 0. The molecule has 0 aliphatic rings. The quantitative estimate of drug-likeness (QED) is 0.762. The van der Waals surface area contributed by atoms with Gasteiger partial charge in [0.25, 0.3) is 0 Å². The van der Waals surface area contributed by atoms with Crippen LogP contribution in [0.4, 0.5) is 0 Å². The van der Waals surface area contributed by atoms with Crippen LogP contribution in [0.15, 0.2) is 34.7 Å². The molecular formula is C14H18O3. The van der Waals surface area contributed by atoms with Crippen molar-refractivity contribution in [3.8, 4) is 0 Å². The van der Waals surface area contributed by atoms with Crippen LogP contribution in [0.2, 0.25) is 0 Å². The second kappa shape index (κ2) is 6.74. The second-order valence-corrected chi connectivity index (χ2v) is 3.33. The Morgan fingerprint density at radius 2 is 2.00 bits per heavy atom. The summed E-state index contributed by atoms with van der Waals surface area (Å²) in [5, 5.41) is 1.07. The van der Waals surface area contributed by atoms with Gasteiger partial charge in [0.05, 0.1) is 13.5 Å². The van der Waals surface area contributed by atoms with Gasteiger partial charge in [0, 0.05) is 11.8 Å². The number of rotatable bonds is 3. The number of para-hydroxylation sites is 1. The maximum absolute atomic E-state index is 10.9. The standard InChI is InChI=1S/C12H12O3.C2H6/c1-14-12(13)7-6-10-8-9-4-2-3-5-11(9)15-10;1-2/h2-5,8H,6-7H2,1H3;1-2H3. The molecule has 1 heterocycles. The Hall–Kier alpha value is -1.77. The lowest BCUT2D eigenvalue weighted by molar-refractivity contribution is -0.140. The van der Waals surface area contributed by atoms with E-state index in [-0.39, 0.29) is 5.97 Å². The van der Waals surface area contributed by atoms with E-state index in [2.05, 4.69) is 4.74 Å². The molecule has 0 saturated carbocycles. The highest BCUT2D eigenvalue weighted by atomic mass is 16.5. The first-order chi connectivity index (χ1) is 8.29. The number of fused-ring (bicyclic) bond motifs is 1. The summed E-state index contributed by atoms with van der Waals surface area (Å²) in [6.07, 6.45) is 0.942. The smallest absolute Gasteiger partial charge is 0.305 e. The third kappa shape index (κ3) is 3.63. The summed E-state index contributed by atoms with van der Waals surface area (Å²) in [4.78, 5) is 10.9. The molecule has 0 bridgehead atoms. The molecular weight excluding hydrogens is 216 g/mol. The molecule has 0 aliphatic heterocycles. The summed E-state index contributed by atoms with van der Waals surface area (Å²) in [6.45, 7) is 4.00. The second-order valence-electron chi connectivity index (χ2n) is 3.33. The molecule has 0 unspecified atom stereocenters. The zero-order valence-electron chi connectivity index (χ0n) is 10.5. The van der Waals surface area contributed by atoms with Crippen LogP contribution in [0.3, 0.4) is 0 Å². The van der Waals surface area contributed by atoms with Crippen LogP contribution in [0.25, 0.3) is 11.0 Å². The van der Waals surface area contributed by atoms with Crippen molar-refractivity contribution >= 4 is 16.9 Å².